The molecule has 0 unspecified atom stereocenters. The van der Waals surface area contributed by atoms with Crippen LogP contribution in [0.25, 0.3) is 0 Å². The molecule has 0 saturated carbocycles. The van der Waals surface area contributed by atoms with Gasteiger partial charge in [-0.2, -0.15) is 9.98 Å². The summed E-state index contributed by atoms with van der Waals surface area (Å²) in [6, 6.07) is 2.40. The van der Waals surface area contributed by atoms with E-state index in [2.05, 4.69) is 9.98 Å². The predicted molar refractivity (Wildman–Crippen MR) is 73.0 cm³/mol. The van der Waals surface area contributed by atoms with E-state index in [-0.39, 0.29) is 0 Å². The Morgan fingerprint density at radius 1 is 0.750 bits per heavy atom. The van der Waals surface area contributed by atoms with Crippen LogP contribution in [0.4, 0.5) is 28.9 Å². The molecule has 0 aliphatic heterocycles. The maximum Gasteiger partial charge on any atom is 0.240 e. The van der Waals surface area contributed by atoms with E-state index in [1.807, 2.05) is 0 Å². The first-order valence-electron chi connectivity index (χ1n) is 5.94. The average molecular weight is 356 g/mol. The zero-order chi connectivity index (χ0) is 17.9. The standard InChI is InChI=1S/C14H4F4N2O3S/c15-9-1-7(2-10(16)13(9)19-5-21)24(23)8-3-11(17)14(20-6-22)12(18)4-8/h1-4H. The summed E-state index contributed by atoms with van der Waals surface area (Å²) in [6.45, 7) is 0. The normalized spacial score (nSPS) is 11.4. The maximum absolute atomic E-state index is 13.6. The molecule has 0 N–H and O–H groups in total. The Labute approximate surface area is 134 Å². The van der Waals surface area contributed by atoms with Crippen LogP contribution in [0, 0.1) is 23.3 Å². The summed E-state index contributed by atoms with van der Waals surface area (Å²) in [5.41, 5.74) is -1.86. The monoisotopic (exact) mass is 356 g/mol. The highest BCUT2D eigenvalue weighted by Crippen LogP contribution is 2.31. The van der Waals surface area contributed by atoms with E-state index in [1.165, 1.54) is 0 Å². The SMILES string of the molecule is O=C=Nc1c(F)cc([S+]([O-])c2cc(F)c(N=C=O)c(F)c2)cc1F. The number of halogens is 4. The van der Waals surface area contributed by atoms with Gasteiger partial charge in [0.05, 0.1) is 0 Å². The van der Waals surface area contributed by atoms with E-state index in [0.29, 0.717) is 24.3 Å². The van der Waals surface area contributed by atoms with Crippen molar-refractivity contribution in [2.45, 2.75) is 9.79 Å². The predicted octanol–water partition coefficient (Wildman–Crippen LogP) is 3.34. The summed E-state index contributed by atoms with van der Waals surface area (Å²) in [5, 5.41) is 0. The summed E-state index contributed by atoms with van der Waals surface area (Å²) in [4.78, 5) is 24.9. The largest absolute Gasteiger partial charge is 0.606 e. The Morgan fingerprint density at radius 2 is 1.04 bits per heavy atom. The summed E-state index contributed by atoms with van der Waals surface area (Å²) < 4.78 is 66.8. The number of nitrogens with zero attached hydrogens (tertiary/aromatic N) is 2. The molecule has 0 bridgehead atoms. The molecule has 0 aromatic heterocycles. The number of hydrogen-bond donors (Lipinski definition) is 0. The number of rotatable bonds is 4. The van der Waals surface area contributed by atoms with Crippen LogP contribution in [0.1, 0.15) is 0 Å². The maximum atomic E-state index is 13.6. The fourth-order valence-electron chi connectivity index (χ4n) is 1.74. The van der Waals surface area contributed by atoms with Gasteiger partial charge in [-0.05, 0) is 0 Å². The fraction of sp³-hybridized carbons (Fsp3) is 0. The molecule has 0 atom stereocenters. The van der Waals surface area contributed by atoms with Crippen molar-refractivity contribution in [3.05, 3.63) is 47.5 Å². The van der Waals surface area contributed by atoms with Gasteiger partial charge in [-0.1, -0.05) is 0 Å². The van der Waals surface area contributed by atoms with Crippen molar-refractivity contribution in [3.8, 4) is 0 Å². The Morgan fingerprint density at radius 3 is 1.29 bits per heavy atom. The van der Waals surface area contributed by atoms with Crippen molar-refractivity contribution in [2.75, 3.05) is 0 Å². The molecule has 0 spiro atoms. The lowest BCUT2D eigenvalue weighted by Gasteiger charge is -2.11. The third kappa shape index (κ3) is 3.42. The summed E-state index contributed by atoms with van der Waals surface area (Å²) in [6.07, 6.45) is 1.91. The van der Waals surface area contributed by atoms with Crippen LogP contribution in [0.5, 0.6) is 0 Å². The Bertz CT molecular complexity index is 789. The molecule has 5 nitrogen and oxygen atoms in total. The minimum atomic E-state index is -2.35. The van der Waals surface area contributed by atoms with Gasteiger partial charge in [0.2, 0.25) is 12.2 Å². The van der Waals surface area contributed by atoms with Crippen molar-refractivity contribution in [2.24, 2.45) is 9.98 Å². The highest BCUT2D eigenvalue weighted by atomic mass is 32.2. The molecule has 0 aliphatic carbocycles. The lowest BCUT2D eigenvalue weighted by molar-refractivity contribution is 0.555. The van der Waals surface area contributed by atoms with Crippen LogP contribution in [0.3, 0.4) is 0 Å². The fourth-order valence-corrected chi connectivity index (χ4v) is 2.85. The number of isocyanates is 2. The minimum absolute atomic E-state index is 0.458. The van der Waals surface area contributed by atoms with Gasteiger partial charge in [0, 0.05) is 35.4 Å². The second-order valence-electron chi connectivity index (χ2n) is 4.15. The van der Waals surface area contributed by atoms with E-state index in [4.69, 9.17) is 0 Å². The third-order valence-electron chi connectivity index (χ3n) is 2.72. The van der Waals surface area contributed by atoms with Gasteiger partial charge < -0.3 is 4.55 Å². The van der Waals surface area contributed by atoms with E-state index in [0.717, 1.165) is 12.2 Å². The molecule has 0 radical (unpaired) electrons. The molecule has 2 rings (SSSR count). The van der Waals surface area contributed by atoms with Gasteiger partial charge >= 0.3 is 0 Å². The Kier molecular flexibility index (Phi) is 5.28. The van der Waals surface area contributed by atoms with Gasteiger partial charge in [-0.3, -0.25) is 0 Å². The summed E-state index contributed by atoms with van der Waals surface area (Å²) >= 11 is -2.35. The summed E-state index contributed by atoms with van der Waals surface area (Å²) in [7, 11) is 0. The second kappa shape index (κ2) is 7.20. The highest BCUT2D eigenvalue weighted by Gasteiger charge is 2.24. The summed E-state index contributed by atoms with van der Waals surface area (Å²) in [5.74, 6) is -5.20. The number of carbonyl (C=O) groups excluding carboxylic acids is 2. The molecule has 0 fully saturated rings. The first-order valence-corrected chi connectivity index (χ1v) is 7.09. The Hall–Kier alpha value is -2.77. The van der Waals surface area contributed by atoms with Crippen LogP contribution in [0.2, 0.25) is 0 Å². The number of benzene rings is 2. The van der Waals surface area contributed by atoms with Crippen molar-refractivity contribution in [1.82, 2.24) is 0 Å². The first kappa shape index (κ1) is 17.6. The molecular formula is C14H4F4N2O3S. The zero-order valence-electron chi connectivity index (χ0n) is 11.3. The van der Waals surface area contributed by atoms with Crippen molar-refractivity contribution < 1.29 is 31.7 Å². The van der Waals surface area contributed by atoms with Gasteiger partial charge in [-0.25, -0.2) is 27.2 Å². The van der Waals surface area contributed by atoms with Gasteiger partial charge in [0.25, 0.3) is 0 Å². The molecule has 24 heavy (non-hydrogen) atoms. The first-order chi connectivity index (χ1) is 11.4. The van der Waals surface area contributed by atoms with Gasteiger partial charge in [0.1, 0.15) is 11.4 Å². The van der Waals surface area contributed by atoms with Crippen LogP contribution in [0.15, 0.2) is 44.0 Å². The van der Waals surface area contributed by atoms with Crippen LogP contribution in [-0.2, 0) is 20.8 Å². The van der Waals surface area contributed by atoms with E-state index in [1.54, 1.807) is 0 Å². The molecule has 2 aromatic carbocycles. The van der Waals surface area contributed by atoms with Gasteiger partial charge in [0.15, 0.2) is 33.1 Å². The minimum Gasteiger partial charge on any atom is -0.606 e. The lowest BCUT2D eigenvalue weighted by Crippen LogP contribution is -2.05. The molecule has 0 saturated heterocycles. The van der Waals surface area contributed by atoms with Crippen LogP contribution < -0.4 is 0 Å². The van der Waals surface area contributed by atoms with Crippen LogP contribution >= 0.6 is 0 Å². The number of hydrogen-bond acceptors (Lipinski definition) is 5. The molecular weight excluding hydrogens is 352 g/mol. The molecule has 0 amide bonds. The van der Waals surface area contributed by atoms with Gasteiger partial charge in [-0.15, -0.1) is 0 Å². The molecule has 0 heterocycles. The molecule has 2 aromatic rings. The topological polar surface area (TPSA) is 81.9 Å². The molecule has 122 valence electrons. The second-order valence-corrected chi connectivity index (χ2v) is 5.63. The third-order valence-corrected chi connectivity index (χ3v) is 4.05. The van der Waals surface area contributed by atoms with Crippen LogP contribution in [-0.4, -0.2) is 16.7 Å². The lowest BCUT2D eigenvalue weighted by atomic mass is 10.3. The van der Waals surface area contributed by atoms with Crippen molar-refractivity contribution in [3.63, 3.8) is 0 Å². The highest BCUT2D eigenvalue weighted by molar-refractivity contribution is 7.91. The molecule has 0 aliphatic rings. The van der Waals surface area contributed by atoms with E-state index >= 15 is 0 Å². The number of aliphatic imine (C=N–C) groups is 2. The molecule has 10 heteroatoms. The zero-order valence-corrected chi connectivity index (χ0v) is 12.2. The van der Waals surface area contributed by atoms with Crippen molar-refractivity contribution in [1.29, 1.82) is 0 Å². The smallest absolute Gasteiger partial charge is 0.240 e. The van der Waals surface area contributed by atoms with Crippen molar-refractivity contribution >= 4 is 34.7 Å². The van der Waals surface area contributed by atoms with E-state index in [9.17, 15) is 31.7 Å². The average Bonchev–Trinajstić information content (AvgIpc) is 2.53. The van der Waals surface area contributed by atoms with E-state index < -0.39 is 55.6 Å². The Balaban J connectivity index is 2.51. The quantitative estimate of drug-likeness (QED) is 0.365.